The van der Waals surface area contributed by atoms with Crippen LogP contribution in [0.25, 0.3) is 0 Å². The van der Waals surface area contributed by atoms with Gasteiger partial charge in [0.15, 0.2) is 4.84 Å². The van der Waals surface area contributed by atoms with E-state index in [1.54, 1.807) is 0 Å². The maximum absolute atomic E-state index is 11.3. The summed E-state index contributed by atoms with van der Waals surface area (Å²) < 4.78 is 8.82. The van der Waals surface area contributed by atoms with Gasteiger partial charge < -0.3 is 14.8 Å². The molecule has 0 aromatic rings. The molecular formula is C8H10Cl3NO4. The highest BCUT2D eigenvalue weighted by Crippen LogP contribution is 2.16. The highest BCUT2D eigenvalue weighted by atomic mass is 35.5. The molecule has 1 aliphatic heterocycles. The fraction of sp³-hybridized carbons (Fsp3) is 0.750. The minimum absolute atomic E-state index is 0.468. The van der Waals surface area contributed by atoms with Crippen LogP contribution in [0.5, 0.6) is 0 Å². The number of alkyl halides is 3. The Balaban J connectivity index is 2.30. The molecule has 16 heavy (non-hydrogen) atoms. The van der Waals surface area contributed by atoms with Crippen molar-refractivity contribution in [1.82, 2.24) is 5.32 Å². The molecule has 0 radical (unpaired) electrons. The van der Waals surface area contributed by atoms with E-state index in [0.717, 1.165) is 13.0 Å². The summed E-state index contributed by atoms with van der Waals surface area (Å²) in [6, 6.07) is -0.468. The van der Waals surface area contributed by atoms with Gasteiger partial charge in [0.25, 0.3) is 0 Å². The number of esters is 1. The maximum atomic E-state index is 11.3. The lowest BCUT2D eigenvalue weighted by atomic mass is 10.2. The topological polar surface area (TPSA) is 64.6 Å². The molecule has 0 bridgehead atoms. The van der Waals surface area contributed by atoms with Crippen LogP contribution in [0, 0.1) is 0 Å². The van der Waals surface area contributed by atoms with Crippen molar-refractivity contribution in [1.29, 1.82) is 0 Å². The van der Waals surface area contributed by atoms with E-state index in [0.29, 0.717) is 6.42 Å². The van der Waals surface area contributed by atoms with Crippen LogP contribution in [0.4, 0.5) is 4.79 Å². The first kappa shape index (κ1) is 13.8. The van der Waals surface area contributed by atoms with E-state index in [1.165, 1.54) is 0 Å². The van der Waals surface area contributed by atoms with Crippen molar-refractivity contribution in [2.24, 2.45) is 0 Å². The van der Waals surface area contributed by atoms with Gasteiger partial charge in [-0.15, -0.1) is 0 Å². The molecule has 1 rings (SSSR count). The van der Waals surface area contributed by atoms with Gasteiger partial charge in [-0.3, -0.25) is 0 Å². The lowest BCUT2D eigenvalue weighted by molar-refractivity contribution is -0.142. The monoisotopic (exact) mass is 289 g/mol. The second-order valence-corrected chi connectivity index (χ2v) is 4.72. The van der Waals surface area contributed by atoms with Crippen LogP contribution < -0.4 is 5.32 Å². The molecule has 8 heteroatoms. The smallest absolute Gasteiger partial charge is 0.411 e. The summed E-state index contributed by atoms with van der Waals surface area (Å²) in [5.41, 5.74) is -1.25. The quantitative estimate of drug-likeness (QED) is 0.488. The predicted molar refractivity (Wildman–Crippen MR) is 58.7 cm³/mol. The molecule has 1 unspecified atom stereocenters. The maximum Gasteiger partial charge on any atom is 0.517 e. The van der Waals surface area contributed by atoms with Crippen LogP contribution in [-0.2, 0) is 14.3 Å². The molecule has 0 saturated carbocycles. The Hall–Kier alpha value is -0.230. The molecular weight excluding hydrogens is 280 g/mol. The third-order valence-corrected chi connectivity index (χ3v) is 2.99. The number of carbonyl (C=O) groups is 2. The van der Waals surface area contributed by atoms with Crippen LogP contribution in [0.3, 0.4) is 0 Å². The van der Waals surface area contributed by atoms with Crippen molar-refractivity contribution in [2.75, 3.05) is 6.54 Å². The average molecular weight is 291 g/mol. The second kappa shape index (κ2) is 6.49. The van der Waals surface area contributed by atoms with Gasteiger partial charge in [0.1, 0.15) is 6.04 Å². The first-order valence-electron chi connectivity index (χ1n) is 4.58. The minimum atomic E-state index is -1.25. The predicted octanol–water partition coefficient (Wildman–Crippen LogP) is 1.79. The molecule has 0 spiro atoms. The molecule has 0 aliphatic carbocycles. The van der Waals surface area contributed by atoms with Gasteiger partial charge in [-0.2, -0.15) is 0 Å². The van der Waals surface area contributed by atoms with Crippen LogP contribution in [0.15, 0.2) is 0 Å². The van der Waals surface area contributed by atoms with Gasteiger partial charge in [0.05, 0.1) is 0 Å². The van der Waals surface area contributed by atoms with E-state index in [-0.39, 0.29) is 0 Å². The van der Waals surface area contributed by atoms with E-state index >= 15 is 0 Å². The number of hydrogen-bond donors (Lipinski definition) is 1. The first-order chi connectivity index (χ1) is 7.50. The number of nitrogens with one attached hydrogen (secondary N) is 1. The number of hydrogen-bond acceptors (Lipinski definition) is 5. The molecule has 1 aliphatic rings. The van der Waals surface area contributed by atoms with Gasteiger partial charge in [0, 0.05) is 0 Å². The Morgan fingerprint density at radius 2 is 2.00 bits per heavy atom. The molecule has 1 fully saturated rings. The summed E-state index contributed by atoms with van der Waals surface area (Å²) in [6.07, 6.45) is 0.285. The van der Waals surface area contributed by atoms with Gasteiger partial charge >= 0.3 is 12.1 Å². The Morgan fingerprint density at radius 1 is 1.31 bits per heavy atom. The van der Waals surface area contributed by atoms with E-state index in [9.17, 15) is 9.59 Å². The third kappa shape index (κ3) is 4.33. The fourth-order valence-corrected chi connectivity index (χ4v) is 1.38. The summed E-state index contributed by atoms with van der Waals surface area (Å²) in [4.78, 5) is 21.3. The number of carbonyl (C=O) groups excluding carboxylic acids is 2. The SMILES string of the molecule is O=C(OC(=O)[C@@H]1CCCN1)OC(Cl)C(Cl)Cl. The molecule has 2 atom stereocenters. The summed E-state index contributed by atoms with van der Waals surface area (Å²) in [6.45, 7) is 0.721. The standard InChI is InChI=1S/C8H10Cl3NO4/c9-5(10)6(11)15-8(14)16-7(13)4-2-1-3-12-4/h4-6,12H,1-3H2/t4-,6?/m0/s1. The van der Waals surface area contributed by atoms with Crippen LogP contribution in [0.1, 0.15) is 12.8 Å². The molecule has 5 nitrogen and oxygen atoms in total. The molecule has 1 saturated heterocycles. The molecule has 0 aromatic carbocycles. The van der Waals surface area contributed by atoms with Gasteiger partial charge in [-0.25, -0.2) is 9.59 Å². The molecule has 1 N–H and O–H groups in total. The van der Waals surface area contributed by atoms with Crippen molar-refractivity contribution in [2.45, 2.75) is 29.3 Å². The highest BCUT2D eigenvalue weighted by Gasteiger charge is 2.28. The van der Waals surface area contributed by atoms with E-state index in [2.05, 4.69) is 14.8 Å². The summed E-state index contributed by atoms with van der Waals surface area (Å²) in [5.74, 6) is -0.688. The number of rotatable bonds is 3. The highest BCUT2D eigenvalue weighted by molar-refractivity contribution is 6.48. The number of halogens is 3. The van der Waals surface area contributed by atoms with E-state index < -0.39 is 28.6 Å². The van der Waals surface area contributed by atoms with E-state index in [1.807, 2.05) is 0 Å². The van der Waals surface area contributed by atoms with Crippen LogP contribution in [-0.4, -0.2) is 35.1 Å². The zero-order chi connectivity index (χ0) is 12.1. The second-order valence-electron chi connectivity index (χ2n) is 3.12. The Bertz CT molecular complexity index is 268. The average Bonchev–Trinajstić information content (AvgIpc) is 2.69. The normalized spacial score (nSPS) is 21.9. The summed E-state index contributed by atoms with van der Waals surface area (Å²) >= 11 is 16.1. The van der Waals surface area contributed by atoms with E-state index in [4.69, 9.17) is 34.8 Å². The Morgan fingerprint density at radius 3 is 2.50 bits per heavy atom. The number of ether oxygens (including phenoxy) is 2. The van der Waals surface area contributed by atoms with Crippen molar-refractivity contribution < 1.29 is 19.1 Å². The van der Waals surface area contributed by atoms with Gasteiger partial charge in [-0.1, -0.05) is 34.8 Å². The van der Waals surface area contributed by atoms with Crippen molar-refractivity contribution in [3.8, 4) is 0 Å². The largest absolute Gasteiger partial charge is 0.517 e. The summed E-state index contributed by atoms with van der Waals surface area (Å²) in [7, 11) is 0. The van der Waals surface area contributed by atoms with Crippen molar-refractivity contribution in [3.63, 3.8) is 0 Å². The molecule has 1 heterocycles. The molecule has 0 amide bonds. The zero-order valence-corrected chi connectivity index (χ0v) is 10.4. The molecule has 0 aromatic heterocycles. The Labute approximate surface area is 107 Å². The fourth-order valence-electron chi connectivity index (χ4n) is 1.21. The first-order valence-corrected chi connectivity index (χ1v) is 5.89. The molecule has 92 valence electrons. The van der Waals surface area contributed by atoms with Gasteiger partial charge in [-0.05, 0) is 19.4 Å². The van der Waals surface area contributed by atoms with Crippen LogP contribution >= 0.6 is 34.8 Å². The summed E-state index contributed by atoms with van der Waals surface area (Å²) in [5, 5.41) is 2.87. The lowest BCUT2D eigenvalue weighted by Gasteiger charge is -2.12. The Kier molecular flexibility index (Phi) is 5.61. The van der Waals surface area contributed by atoms with Crippen molar-refractivity contribution in [3.05, 3.63) is 0 Å². The van der Waals surface area contributed by atoms with Crippen molar-refractivity contribution >= 4 is 46.9 Å². The lowest BCUT2D eigenvalue weighted by Crippen LogP contribution is -2.34. The zero-order valence-electron chi connectivity index (χ0n) is 8.12. The van der Waals surface area contributed by atoms with Gasteiger partial charge in [0.2, 0.25) is 5.56 Å². The minimum Gasteiger partial charge on any atom is -0.411 e. The third-order valence-electron chi connectivity index (χ3n) is 1.94. The van der Waals surface area contributed by atoms with Crippen LogP contribution in [0.2, 0.25) is 0 Å².